The summed E-state index contributed by atoms with van der Waals surface area (Å²) in [5.74, 6) is -2.28. The van der Waals surface area contributed by atoms with Crippen LogP contribution < -0.4 is 0 Å². The summed E-state index contributed by atoms with van der Waals surface area (Å²) in [6.45, 7) is 1.30. The van der Waals surface area contributed by atoms with Gasteiger partial charge in [0.1, 0.15) is 11.4 Å². The molecule has 0 spiro atoms. The second kappa shape index (κ2) is 7.75. The summed E-state index contributed by atoms with van der Waals surface area (Å²) < 4.78 is 25.1. The minimum absolute atomic E-state index is 0.0512. The molecule has 1 fully saturated rings. The van der Waals surface area contributed by atoms with Crippen LogP contribution in [0.3, 0.4) is 0 Å². The maximum absolute atomic E-state index is 14.0. The Balaban J connectivity index is 1.78. The van der Waals surface area contributed by atoms with E-state index in [2.05, 4.69) is 0 Å². The van der Waals surface area contributed by atoms with E-state index in [1.807, 2.05) is 0 Å². The average molecular weight is 398 g/mol. The van der Waals surface area contributed by atoms with E-state index in [0.29, 0.717) is 0 Å². The second-order valence-corrected chi connectivity index (χ2v) is 6.74. The number of esters is 1. The van der Waals surface area contributed by atoms with Gasteiger partial charge in [-0.2, -0.15) is 0 Å². The van der Waals surface area contributed by atoms with Crippen molar-refractivity contribution in [3.8, 4) is 0 Å². The number of hydrogen-bond acceptors (Lipinski definition) is 7. The minimum Gasteiger partial charge on any atom is -0.440 e. The summed E-state index contributed by atoms with van der Waals surface area (Å²) in [6.07, 6.45) is 1.06. The van der Waals surface area contributed by atoms with E-state index in [1.165, 1.54) is 24.1 Å². The van der Waals surface area contributed by atoms with E-state index in [-0.39, 0.29) is 42.4 Å². The minimum atomic E-state index is -1.30. The molecule has 2 aliphatic rings. The molecule has 9 heteroatoms. The van der Waals surface area contributed by atoms with Gasteiger partial charge in [0.2, 0.25) is 0 Å². The van der Waals surface area contributed by atoms with E-state index in [9.17, 15) is 18.8 Å². The van der Waals surface area contributed by atoms with Gasteiger partial charge in [-0.1, -0.05) is 22.7 Å². The van der Waals surface area contributed by atoms with Gasteiger partial charge in [0.15, 0.2) is 12.0 Å². The van der Waals surface area contributed by atoms with Crippen molar-refractivity contribution in [3.63, 3.8) is 0 Å². The zero-order chi connectivity index (χ0) is 19.6. The SMILES string of the molecule is CC(=O)C1(OCc2ccc(Cl)cc2F)CCN2OC(=O)/C=C\C(=O)OC2C1. The number of Topliss-reactive ketones (excluding diaryl/α,β-unsaturated/α-hetero) is 1. The number of rotatable bonds is 4. The molecule has 2 unspecified atom stereocenters. The highest BCUT2D eigenvalue weighted by molar-refractivity contribution is 6.30. The Kier molecular flexibility index (Phi) is 5.59. The zero-order valence-corrected chi connectivity index (χ0v) is 15.2. The van der Waals surface area contributed by atoms with E-state index in [4.69, 9.17) is 25.9 Å². The van der Waals surface area contributed by atoms with E-state index in [0.717, 1.165) is 18.2 Å². The highest BCUT2D eigenvalue weighted by atomic mass is 35.5. The molecule has 3 rings (SSSR count). The highest BCUT2D eigenvalue weighted by Gasteiger charge is 2.47. The Morgan fingerprint density at radius 1 is 1.37 bits per heavy atom. The molecule has 7 nitrogen and oxygen atoms in total. The van der Waals surface area contributed by atoms with Gasteiger partial charge in [-0.3, -0.25) is 4.79 Å². The standard InChI is InChI=1S/C18H17ClFNO6/c1-11(22)18(25-10-12-2-3-13(19)8-14(12)20)6-7-21-15(9-18)26-16(23)4-5-17(24)27-21/h2-5,8,15H,6-7,9-10H2,1H3/b5-4-. The van der Waals surface area contributed by atoms with Gasteiger partial charge in [-0.25, -0.2) is 14.0 Å². The predicted octanol–water partition coefficient (Wildman–Crippen LogP) is 2.32. The lowest BCUT2D eigenvalue weighted by Gasteiger charge is -2.43. The molecular formula is C18H17ClFNO6. The van der Waals surface area contributed by atoms with Gasteiger partial charge >= 0.3 is 11.9 Å². The van der Waals surface area contributed by atoms with E-state index in [1.54, 1.807) is 0 Å². The lowest BCUT2D eigenvalue weighted by Crippen LogP contribution is -2.56. The normalized spacial score (nSPS) is 27.0. The first-order chi connectivity index (χ1) is 12.8. The number of hydrogen-bond donors (Lipinski definition) is 0. The molecule has 27 heavy (non-hydrogen) atoms. The quantitative estimate of drug-likeness (QED) is 0.721. The topological polar surface area (TPSA) is 82.1 Å². The Labute approximate surface area is 159 Å². The summed E-state index contributed by atoms with van der Waals surface area (Å²) in [7, 11) is 0. The lowest BCUT2D eigenvalue weighted by molar-refractivity contribution is -0.268. The first-order valence-corrected chi connectivity index (χ1v) is 8.63. The van der Waals surface area contributed by atoms with Crippen LogP contribution in [-0.4, -0.2) is 41.2 Å². The first-order valence-electron chi connectivity index (χ1n) is 8.25. The van der Waals surface area contributed by atoms with Crippen LogP contribution in [0.25, 0.3) is 0 Å². The summed E-state index contributed by atoms with van der Waals surface area (Å²) in [6, 6.07) is 4.16. The number of ketones is 1. The van der Waals surface area contributed by atoms with Crippen LogP contribution >= 0.6 is 11.6 Å². The van der Waals surface area contributed by atoms with Crippen LogP contribution in [0.4, 0.5) is 4.39 Å². The Bertz CT molecular complexity index is 813. The monoisotopic (exact) mass is 397 g/mol. The fourth-order valence-electron chi connectivity index (χ4n) is 2.99. The van der Waals surface area contributed by atoms with Crippen molar-refractivity contribution in [1.29, 1.82) is 0 Å². The number of benzene rings is 1. The summed E-state index contributed by atoms with van der Waals surface area (Å²) >= 11 is 5.74. The third-order valence-corrected chi connectivity index (χ3v) is 4.77. The number of nitrogens with zero attached hydrogens (tertiary/aromatic N) is 1. The molecule has 0 aromatic heterocycles. The third kappa shape index (κ3) is 4.35. The van der Waals surface area contributed by atoms with Gasteiger partial charge in [-0.15, -0.1) is 0 Å². The molecule has 0 N–H and O–H groups in total. The van der Waals surface area contributed by atoms with Crippen LogP contribution in [0.1, 0.15) is 25.3 Å². The average Bonchev–Trinajstić information content (AvgIpc) is 2.60. The summed E-state index contributed by atoms with van der Waals surface area (Å²) in [4.78, 5) is 40.8. The highest BCUT2D eigenvalue weighted by Crippen LogP contribution is 2.34. The first kappa shape index (κ1) is 19.5. The van der Waals surface area contributed by atoms with Crippen molar-refractivity contribution in [2.75, 3.05) is 6.54 Å². The fourth-order valence-corrected chi connectivity index (χ4v) is 3.15. The summed E-state index contributed by atoms with van der Waals surface area (Å²) in [5, 5.41) is 1.46. The number of piperidine rings is 1. The van der Waals surface area contributed by atoms with Crippen LogP contribution in [0, 0.1) is 5.82 Å². The maximum atomic E-state index is 14.0. The van der Waals surface area contributed by atoms with Crippen LogP contribution in [0.2, 0.25) is 5.02 Å². The van der Waals surface area contributed by atoms with Gasteiger partial charge in [-0.05, 0) is 25.5 Å². The molecular weight excluding hydrogens is 381 g/mol. The van der Waals surface area contributed by atoms with Crippen LogP contribution in [-0.2, 0) is 35.3 Å². The molecule has 144 valence electrons. The van der Waals surface area contributed by atoms with Gasteiger partial charge in [0, 0.05) is 35.7 Å². The Morgan fingerprint density at radius 3 is 2.81 bits per heavy atom. The summed E-state index contributed by atoms with van der Waals surface area (Å²) in [5.41, 5.74) is -1.06. The molecule has 0 radical (unpaired) electrons. The van der Waals surface area contributed by atoms with E-state index < -0.39 is 29.6 Å². The second-order valence-electron chi connectivity index (χ2n) is 6.30. The van der Waals surface area contributed by atoms with Crippen LogP contribution in [0.5, 0.6) is 0 Å². The molecule has 0 bridgehead atoms. The molecule has 2 heterocycles. The van der Waals surface area contributed by atoms with Gasteiger partial charge in [0.25, 0.3) is 0 Å². The van der Waals surface area contributed by atoms with Crippen molar-refractivity contribution in [2.45, 2.75) is 38.2 Å². The molecule has 1 aromatic carbocycles. The molecule has 2 aliphatic heterocycles. The molecule has 2 atom stereocenters. The molecule has 1 saturated heterocycles. The zero-order valence-electron chi connectivity index (χ0n) is 14.4. The number of carbonyl (C=O) groups excluding carboxylic acids is 3. The number of fused-ring (bicyclic) bond motifs is 1. The van der Waals surface area contributed by atoms with Crippen molar-refractivity contribution in [3.05, 3.63) is 46.8 Å². The number of carbonyl (C=O) groups is 3. The predicted molar refractivity (Wildman–Crippen MR) is 90.7 cm³/mol. The Morgan fingerprint density at radius 2 is 2.11 bits per heavy atom. The maximum Gasteiger partial charge on any atom is 0.350 e. The van der Waals surface area contributed by atoms with Crippen molar-refractivity contribution >= 4 is 29.3 Å². The van der Waals surface area contributed by atoms with Crippen molar-refractivity contribution in [2.24, 2.45) is 0 Å². The fraction of sp³-hybridized carbons (Fsp3) is 0.389. The largest absolute Gasteiger partial charge is 0.440 e. The Hall–Kier alpha value is -2.29. The lowest BCUT2D eigenvalue weighted by atomic mass is 9.87. The van der Waals surface area contributed by atoms with E-state index >= 15 is 0 Å². The molecule has 0 aliphatic carbocycles. The number of ether oxygens (including phenoxy) is 2. The van der Waals surface area contributed by atoms with Crippen LogP contribution in [0.15, 0.2) is 30.4 Å². The van der Waals surface area contributed by atoms with Crippen molar-refractivity contribution in [1.82, 2.24) is 5.06 Å². The third-order valence-electron chi connectivity index (χ3n) is 4.54. The number of halogens is 2. The molecule has 0 saturated carbocycles. The van der Waals surface area contributed by atoms with Gasteiger partial charge < -0.3 is 14.3 Å². The number of hydroxylamine groups is 2. The molecule has 1 aromatic rings. The van der Waals surface area contributed by atoms with Crippen molar-refractivity contribution < 1.29 is 33.1 Å². The molecule has 0 amide bonds. The smallest absolute Gasteiger partial charge is 0.350 e. The van der Waals surface area contributed by atoms with Gasteiger partial charge in [0.05, 0.1) is 6.61 Å².